The van der Waals surface area contributed by atoms with E-state index in [2.05, 4.69) is 46.4 Å². The fraction of sp³-hybridized carbons (Fsp3) is 0.214. The van der Waals surface area contributed by atoms with Gasteiger partial charge in [-0.25, -0.2) is 4.99 Å². The van der Waals surface area contributed by atoms with E-state index < -0.39 is 5.97 Å². The minimum absolute atomic E-state index is 0.341. The highest BCUT2D eigenvalue weighted by Crippen LogP contribution is 2.27. The summed E-state index contributed by atoms with van der Waals surface area (Å²) >= 11 is 0. The molecule has 3 rings (SSSR count). The van der Waals surface area contributed by atoms with E-state index in [9.17, 15) is 0 Å². The van der Waals surface area contributed by atoms with Crippen LogP contribution in [0.4, 0.5) is 0 Å². The van der Waals surface area contributed by atoms with Crippen LogP contribution in [0.1, 0.15) is 13.8 Å². The van der Waals surface area contributed by atoms with Crippen LogP contribution in [0, 0.1) is 5.92 Å². The largest absolute Gasteiger partial charge is 0.550 e. The van der Waals surface area contributed by atoms with Crippen molar-refractivity contribution in [2.45, 2.75) is 13.8 Å². The Morgan fingerprint density at radius 1 is 1.33 bits per heavy atom. The molecule has 1 aliphatic heterocycles. The van der Waals surface area contributed by atoms with E-state index in [1.54, 1.807) is 0 Å². The van der Waals surface area contributed by atoms with Crippen LogP contribution in [0.25, 0.3) is 0 Å². The fourth-order valence-electron chi connectivity index (χ4n) is 2.12. The van der Waals surface area contributed by atoms with Crippen molar-refractivity contribution >= 4 is 17.5 Å². The molecule has 18 heavy (non-hydrogen) atoms. The zero-order valence-electron chi connectivity index (χ0n) is 10.3. The number of hydrogen-bond donors (Lipinski definition) is 1. The fourth-order valence-corrected chi connectivity index (χ4v) is 2.12. The third-order valence-electron chi connectivity index (χ3n) is 2.68. The Balaban J connectivity index is 0.000000267. The number of carbonyl (C=O) groups excluding carboxylic acids is 1. The first-order valence-electron chi connectivity index (χ1n) is 5.71. The first-order chi connectivity index (χ1) is 8.58. The normalized spacial score (nSPS) is 22.7. The smallest absolute Gasteiger partial charge is 0.293 e. The van der Waals surface area contributed by atoms with Gasteiger partial charge >= 0.3 is 0 Å². The van der Waals surface area contributed by atoms with Crippen LogP contribution >= 0.6 is 0 Å². The Morgan fingerprint density at radius 3 is 2.72 bits per heavy atom. The van der Waals surface area contributed by atoms with Gasteiger partial charge in [0.15, 0.2) is 5.71 Å². The number of nitrogens with zero attached hydrogens (tertiary/aromatic N) is 1. The molecule has 3 aliphatic rings. The van der Waals surface area contributed by atoms with Crippen LogP contribution in [-0.4, -0.2) is 17.5 Å². The molecule has 4 heteroatoms. The summed E-state index contributed by atoms with van der Waals surface area (Å²) in [5, 5.41) is 8.89. The number of aliphatic carboxylic acids is 1. The third-order valence-corrected chi connectivity index (χ3v) is 2.68. The Hall–Kier alpha value is -2.23. The number of carboxylic acid groups (broad SMARTS) is 1. The van der Waals surface area contributed by atoms with Crippen LogP contribution in [0.3, 0.4) is 0 Å². The van der Waals surface area contributed by atoms with Crippen LogP contribution < -0.4 is 10.1 Å². The molecule has 0 saturated heterocycles. The van der Waals surface area contributed by atoms with Crippen molar-refractivity contribution in [1.29, 1.82) is 0 Å². The first kappa shape index (κ1) is 12.2. The second-order valence-electron chi connectivity index (χ2n) is 4.18. The molecular formula is C14H14N2O2. The number of allylic oxidation sites excluding steroid dienone is 7. The second kappa shape index (κ2) is 4.96. The molecule has 1 N–H and O–H groups in total. The third kappa shape index (κ3) is 2.53. The summed E-state index contributed by atoms with van der Waals surface area (Å²) in [6.07, 6.45) is 12.7. The van der Waals surface area contributed by atoms with Gasteiger partial charge in [-0.2, -0.15) is 0 Å². The monoisotopic (exact) mass is 242 g/mol. The topological polar surface area (TPSA) is 66.5 Å². The van der Waals surface area contributed by atoms with E-state index in [0.717, 1.165) is 18.5 Å². The molecule has 0 aromatic rings. The molecule has 2 aliphatic carbocycles. The maximum Gasteiger partial charge on any atom is 0.293 e. The molecule has 0 spiro atoms. The predicted octanol–water partition coefficient (Wildman–Crippen LogP) is -0.738. The van der Waals surface area contributed by atoms with Crippen molar-refractivity contribution in [1.82, 2.24) is 0 Å². The molecule has 0 radical (unpaired) electrons. The summed E-state index contributed by atoms with van der Waals surface area (Å²) in [6, 6.07) is 0. The maximum atomic E-state index is 8.89. The van der Waals surface area contributed by atoms with Gasteiger partial charge in [0, 0.05) is 12.9 Å². The molecule has 0 aromatic carbocycles. The molecule has 0 fully saturated rings. The van der Waals surface area contributed by atoms with E-state index in [-0.39, 0.29) is 0 Å². The van der Waals surface area contributed by atoms with Crippen molar-refractivity contribution in [3.8, 4) is 0 Å². The van der Waals surface area contributed by atoms with Crippen LogP contribution in [0.2, 0.25) is 0 Å². The maximum absolute atomic E-state index is 8.89. The van der Waals surface area contributed by atoms with Crippen LogP contribution in [-0.2, 0) is 4.79 Å². The molecule has 0 amide bonds. The summed E-state index contributed by atoms with van der Waals surface area (Å²) in [4.78, 5) is 16.7. The summed E-state index contributed by atoms with van der Waals surface area (Å²) in [5.41, 5.74) is 3.71. The number of carboxylic acids is 1. The predicted molar refractivity (Wildman–Crippen MR) is 67.7 cm³/mol. The lowest BCUT2D eigenvalue weighted by Crippen LogP contribution is -2.74. The van der Waals surface area contributed by atoms with Crippen LogP contribution in [0.15, 0.2) is 52.7 Å². The van der Waals surface area contributed by atoms with Crippen molar-refractivity contribution in [2.24, 2.45) is 10.9 Å². The zero-order chi connectivity index (χ0) is 13.1. The van der Waals surface area contributed by atoms with E-state index >= 15 is 0 Å². The molecule has 1 unspecified atom stereocenters. The highest BCUT2D eigenvalue weighted by Gasteiger charge is 2.33. The van der Waals surface area contributed by atoms with Gasteiger partial charge in [0.05, 0.1) is 0 Å². The number of rotatable bonds is 0. The van der Waals surface area contributed by atoms with Gasteiger partial charge in [-0.1, -0.05) is 29.3 Å². The van der Waals surface area contributed by atoms with Gasteiger partial charge in [0.25, 0.3) is 5.84 Å². The van der Waals surface area contributed by atoms with Gasteiger partial charge in [0.2, 0.25) is 0 Å². The minimum Gasteiger partial charge on any atom is -0.550 e. The quantitative estimate of drug-likeness (QED) is 0.608. The van der Waals surface area contributed by atoms with Crippen molar-refractivity contribution < 1.29 is 14.9 Å². The van der Waals surface area contributed by atoms with E-state index in [1.165, 1.54) is 11.3 Å². The number of amidine groups is 1. The van der Waals surface area contributed by atoms with Gasteiger partial charge in [-0.05, 0) is 24.6 Å². The van der Waals surface area contributed by atoms with Crippen molar-refractivity contribution in [3.63, 3.8) is 0 Å². The Morgan fingerprint density at radius 2 is 2.00 bits per heavy atom. The lowest BCUT2D eigenvalue weighted by Gasteiger charge is -2.22. The molecule has 0 aromatic heterocycles. The van der Waals surface area contributed by atoms with Gasteiger partial charge in [-0.15, -0.1) is 0 Å². The summed E-state index contributed by atoms with van der Waals surface area (Å²) in [7, 11) is 0. The van der Waals surface area contributed by atoms with Gasteiger partial charge in [-0.3, -0.25) is 0 Å². The SMILES string of the molecule is CC(=O)[O-].CC1=[NH+]C2=CC=CC3=CC=CC(=N1)C32. The Labute approximate surface area is 105 Å². The number of aliphatic imine (C=N–C) groups is 1. The van der Waals surface area contributed by atoms with E-state index in [1.807, 2.05) is 6.92 Å². The molecule has 92 valence electrons. The first-order valence-corrected chi connectivity index (χ1v) is 5.71. The summed E-state index contributed by atoms with van der Waals surface area (Å²) in [6.45, 7) is 2.97. The summed E-state index contributed by atoms with van der Waals surface area (Å²) < 4.78 is 0. The molecule has 4 nitrogen and oxygen atoms in total. The molecular weight excluding hydrogens is 228 g/mol. The molecule has 1 heterocycles. The van der Waals surface area contributed by atoms with Crippen molar-refractivity contribution in [3.05, 3.63) is 47.7 Å². The Bertz CT molecular complexity index is 554. The average Bonchev–Trinajstić information content (AvgIpc) is 2.28. The van der Waals surface area contributed by atoms with Crippen LogP contribution in [0.5, 0.6) is 0 Å². The van der Waals surface area contributed by atoms with Crippen molar-refractivity contribution in [2.75, 3.05) is 0 Å². The zero-order valence-corrected chi connectivity index (χ0v) is 10.3. The van der Waals surface area contributed by atoms with E-state index in [0.29, 0.717) is 5.92 Å². The highest BCUT2D eigenvalue weighted by molar-refractivity contribution is 6.08. The lowest BCUT2D eigenvalue weighted by molar-refractivity contribution is -0.406. The van der Waals surface area contributed by atoms with Gasteiger partial charge in [0.1, 0.15) is 11.6 Å². The molecule has 1 atom stereocenters. The minimum atomic E-state index is -1.08. The number of carbonyl (C=O) groups is 1. The second-order valence-corrected chi connectivity index (χ2v) is 4.18. The Kier molecular flexibility index (Phi) is 3.37. The average molecular weight is 242 g/mol. The number of nitrogens with one attached hydrogen (secondary N) is 1. The van der Waals surface area contributed by atoms with E-state index in [4.69, 9.17) is 9.90 Å². The standard InChI is InChI=1S/C12H10N2.C2H4O2/c1-8-13-10-6-2-4-9-5-3-7-11(14-8)12(9)10;1-2(3)4/h2-7,12H,1H3;1H3,(H,3,4). The lowest BCUT2D eigenvalue weighted by atomic mass is 9.83. The molecule has 0 bridgehead atoms. The summed E-state index contributed by atoms with van der Waals surface area (Å²) in [5.74, 6) is 0.234. The highest BCUT2D eigenvalue weighted by atomic mass is 16.4. The number of hydrogen-bond acceptors (Lipinski definition) is 3. The molecule has 0 saturated carbocycles. The van der Waals surface area contributed by atoms with Gasteiger partial charge < -0.3 is 9.90 Å².